The molecule has 0 bridgehead atoms. The molecule has 1 rings (SSSR count). The van der Waals surface area contributed by atoms with Crippen LogP contribution in [0.1, 0.15) is 31.4 Å². The maximum absolute atomic E-state index is 11.0. The number of carbonyl (C=O) groups is 2. The van der Waals surface area contributed by atoms with Gasteiger partial charge in [-0.2, -0.15) is 0 Å². The van der Waals surface area contributed by atoms with Crippen molar-refractivity contribution in [2.75, 3.05) is 19.0 Å². The van der Waals surface area contributed by atoms with Gasteiger partial charge in [-0.3, -0.25) is 4.79 Å². The molecule has 0 saturated carbocycles. The van der Waals surface area contributed by atoms with E-state index in [1.54, 1.807) is 12.1 Å². The summed E-state index contributed by atoms with van der Waals surface area (Å²) in [5, 5.41) is 5.83. The van der Waals surface area contributed by atoms with Gasteiger partial charge in [0.05, 0.1) is 7.11 Å². The summed E-state index contributed by atoms with van der Waals surface area (Å²) in [5.41, 5.74) is 6.80. The van der Waals surface area contributed by atoms with Crippen LogP contribution in [0.3, 0.4) is 0 Å². The van der Waals surface area contributed by atoms with Crippen LogP contribution >= 0.6 is 0 Å². The van der Waals surface area contributed by atoms with Gasteiger partial charge in [-0.05, 0) is 37.6 Å². The highest BCUT2D eigenvalue weighted by atomic mass is 16.5. The predicted molar refractivity (Wildman–Crippen MR) is 77.3 cm³/mol. The lowest BCUT2D eigenvalue weighted by molar-refractivity contribution is -0.140. The first-order valence-corrected chi connectivity index (χ1v) is 6.49. The molecule has 6 nitrogen and oxygen atoms in total. The molecule has 0 aliphatic carbocycles. The third kappa shape index (κ3) is 5.71. The fourth-order valence-corrected chi connectivity index (χ4v) is 1.77. The lowest BCUT2D eigenvalue weighted by atomic mass is 10.1. The molecule has 1 unspecified atom stereocenters. The summed E-state index contributed by atoms with van der Waals surface area (Å²) in [5.74, 6) is -0.193. The maximum atomic E-state index is 11.0. The normalized spacial score (nSPS) is 11.7. The number of hydrogen-bond acceptors (Lipinski definition) is 4. The van der Waals surface area contributed by atoms with Gasteiger partial charge in [0.15, 0.2) is 0 Å². The molecule has 0 radical (unpaired) electrons. The Labute approximate surface area is 118 Å². The van der Waals surface area contributed by atoms with Gasteiger partial charge in [0, 0.05) is 18.2 Å². The van der Waals surface area contributed by atoms with Gasteiger partial charge in [-0.25, -0.2) is 4.79 Å². The van der Waals surface area contributed by atoms with E-state index in [0.717, 1.165) is 18.5 Å². The van der Waals surface area contributed by atoms with Crippen molar-refractivity contribution in [3.8, 4) is 0 Å². The molecular formula is C14H21N3O3. The molecule has 6 heteroatoms. The molecule has 0 heterocycles. The first kappa shape index (κ1) is 16.0. The number of rotatable bonds is 7. The van der Waals surface area contributed by atoms with E-state index >= 15 is 0 Å². The van der Waals surface area contributed by atoms with Crippen molar-refractivity contribution in [1.29, 1.82) is 0 Å². The topological polar surface area (TPSA) is 93.4 Å². The van der Waals surface area contributed by atoms with Crippen molar-refractivity contribution in [1.82, 2.24) is 5.32 Å². The fraction of sp³-hybridized carbons (Fsp3) is 0.429. The van der Waals surface area contributed by atoms with Crippen molar-refractivity contribution in [3.63, 3.8) is 0 Å². The third-order valence-electron chi connectivity index (χ3n) is 2.91. The van der Waals surface area contributed by atoms with Crippen molar-refractivity contribution in [3.05, 3.63) is 29.8 Å². The van der Waals surface area contributed by atoms with Crippen LogP contribution in [0.5, 0.6) is 0 Å². The number of primary amides is 1. The van der Waals surface area contributed by atoms with E-state index in [9.17, 15) is 9.59 Å². The second kappa shape index (κ2) is 8.16. The molecule has 0 aromatic heterocycles. The van der Waals surface area contributed by atoms with Gasteiger partial charge >= 0.3 is 12.0 Å². The van der Waals surface area contributed by atoms with Crippen LogP contribution in [0.25, 0.3) is 0 Å². The summed E-state index contributed by atoms with van der Waals surface area (Å²) < 4.78 is 4.58. The Morgan fingerprint density at radius 1 is 1.30 bits per heavy atom. The molecule has 1 aromatic rings. The Bertz CT molecular complexity index is 445. The van der Waals surface area contributed by atoms with Crippen LogP contribution in [0.15, 0.2) is 24.3 Å². The van der Waals surface area contributed by atoms with Gasteiger partial charge in [0.25, 0.3) is 0 Å². The van der Waals surface area contributed by atoms with Gasteiger partial charge < -0.3 is 21.1 Å². The summed E-state index contributed by atoms with van der Waals surface area (Å²) in [4.78, 5) is 21.7. The number of methoxy groups -OCH3 is 1. The monoisotopic (exact) mass is 279 g/mol. The zero-order valence-electron chi connectivity index (χ0n) is 11.8. The number of amides is 2. The standard InChI is InChI=1S/C14H21N3O3/c1-10(16-9-3-4-13(18)20-2)11-5-7-12(8-6-11)17-14(15)19/h5-8,10,16H,3-4,9H2,1-2H3,(H3,15,17,19). The molecule has 0 saturated heterocycles. The zero-order valence-corrected chi connectivity index (χ0v) is 11.8. The largest absolute Gasteiger partial charge is 0.469 e. The van der Waals surface area contributed by atoms with Crippen molar-refractivity contribution < 1.29 is 14.3 Å². The average molecular weight is 279 g/mol. The Morgan fingerprint density at radius 2 is 1.95 bits per heavy atom. The highest BCUT2D eigenvalue weighted by molar-refractivity contribution is 5.87. The number of ether oxygens (including phenoxy) is 1. The smallest absolute Gasteiger partial charge is 0.316 e. The van der Waals surface area contributed by atoms with Crippen molar-refractivity contribution in [2.45, 2.75) is 25.8 Å². The molecule has 4 N–H and O–H groups in total. The molecule has 0 aliphatic heterocycles. The summed E-state index contributed by atoms with van der Waals surface area (Å²) in [6, 6.07) is 7.02. The lowest BCUT2D eigenvalue weighted by Gasteiger charge is -2.14. The minimum absolute atomic E-state index is 0.162. The molecule has 110 valence electrons. The number of nitrogens with one attached hydrogen (secondary N) is 2. The second-order valence-electron chi connectivity index (χ2n) is 4.47. The Morgan fingerprint density at radius 3 is 2.50 bits per heavy atom. The van der Waals surface area contributed by atoms with Gasteiger partial charge in [-0.15, -0.1) is 0 Å². The number of carbonyl (C=O) groups excluding carboxylic acids is 2. The van der Waals surface area contributed by atoms with E-state index in [1.807, 2.05) is 19.1 Å². The Kier molecular flexibility index (Phi) is 6.52. The number of esters is 1. The number of nitrogens with two attached hydrogens (primary N) is 1. The highest BCUT2D eigenvalue weighted by Gasteiger charge is 2.06. The molecule has 0 spiro atoms. The van der Waals surface area contributed by atoms with E-state index in [1.165, 1.54) is 7.11 Å². The zero-order chi connectivity index (χ0) is 15.0. The van der Waals surface area contributed by atoms with E-state index in [4.69, 9.17) is 5.73 Å². The van der Waals surface area contributed by atoms with Crippen LogP contribution in [0.4, 0.5) is 10.5 Å². The molecular weight excluding hydrogens is 258 g/mol. The fourth-order valence-electron chi connectivity index (χ4n) is 1.77. The molecule has 0 aliphatic rings. The summed E-state index contributed by atoms with van der Waals surface area (Å²) in [6.45, 7) is 2.77. The molecule has 1 atom stereocenters. The van der Waals surface area contributed by atoms with E-state index in [-0.39, 0.29) is 12.0 Å². The number of hydrogen-bond donors (Lipinski definition) is 3. The van der Waals surface area contributed by atoms with E-state index in [0.29, 0.717) is 12.1 Å². The van der Waals surface area contributed by atoms with E-state index < -0.39 is 6.03 Å². The average Bonchev–Trinajstić information content (AvgIpc) is 2.43. The van der Waals surface area contributed by atoms with Crippen LogP contribution in [0, 0.1) is 0 Å². The predicted octanol–water partition coefficient (Wildman–Crippen LogP) is 1.78. The quantitative estimate of drug-likeness (QED) is 0.524. The first-order valence-electron chi connectivity index (χ1n) is 6.49. The summed E-state index contributed by atoms with van der Waals surface area (Å²) >= 11 is 0. The Balaban J connectivity index is 2.37. The highest BCUT2D eigenvalue weighted by Crippen LogP contribution is 2.15. The minimum atomic E-state index is -0.577. The van der Waals surface area contributed by atoms with Crippen LogP contribution in [0.2, 0.25) is 0 Å². The van der Waals surface area contributed by atoms with Crippen molar-refractivity contribution in [2.24, 2.45) is 5.73 Å². The van der Waals surface area contributed by atoms with Crippen LogP contribution < -0.4 is 16.4 Å². The molecule has 1 aromatic carbocycles. The second-order valence-corrected chi connectivity index (χ2v) is 4.47. The molecule has 20 heavy (non-hydrogen) atoms. The number of urea groups is 1. The summed E-state index contributed by atoms with van der Waals surface area (Å²) in [7, 11) is 1.39. The van der Waals surface area contributed by atoms with E-state index in [2.05, 4.69) is 15.4 Å². The Hall–Kier alpha value is -2.08. The SMILES string of the molecule is COC(=O)CCCNC(C)c1ccc(NC(N)=O)cc1. The number of benzene rings is 1. The summed E-state index contributed by atoms with van der Waals surface area (Å²) in [6.07, 6.45) is 1.15. The van der Waals surface area contributed by atoms with Gasteiger partial charge in [0.2, 0.25) is 0 Å². The molecule has 0 fully saturated rings. The van der Waals surface area contributed by atoms with Gasteiger partial charge in [0.1, 0.15) is 0 Å². The third-order valence-corrected chi connectivity index (χ3v) is 2.91. The van der Waals surface area contributed by atoms with Crippen LogP contribution in [-0.4, -0.2) is 25.7 Å². The minimum Gasteiger partial charge on any atom is -0.469 e. The van der Waals surface area contributed by atoms with Crippen molar-refractivity contribution >= 4 is 17.7 Å². The lowest BCUT2D eigenvalue weighted by Crippen LogP contribution is -2.21. The maximum Gasteiger partial charge on any atom is 0.316 e. The number of anilines is 1. The van der Waals surface area contributed by atoms with Crippen LogP contribution in [-0.2, 0) is 9.53 Å². The first-order chi connectivity index (χ1) is 9.52. The molecule has 2 amide bonds. The van der Waals surface area contributed by atoms with Gasteiger partial charge in [-0.1, -0.05) is 12.1 Å².